The molecule has 6 nitrogen and oxygen atoms in total. The van der Waals surface area contributed by atoms with Gasteiger partial charge in [0.1, 0.15) is 11.3 Å². The van der Waals surface area contributed by atoms with Crippen LogP contribution in [0.15, 0.2) is 18.2 Å². The summed E-state index contributed by atoms with van der Waals surface area (Å²) >= 11 is 0. The molecule has 0 aromatic heterocycles. The molecule has 1 aromatic rings. The van der Waals surface area contributed by atoms with Crippen LogP contribution in [0.3, 0.4) is 0 Å². The SMILES string of the molecule is CCC1(c2ccc(OC)c(C)c2)NC(=O)N(CCN2CCCC2)C1=O. The van der Waals surface area contributed by atoms with Gasteiger partial charge < -0.3 is 15.0 Å². The largest absolute Gasteiger partial charge is 0.496 e. The van der Waals surface area contributed by atoms with Crippen LogP contribution in [0.5, 0.6) is 5.75 Å². The highest BCUT2D eigenvalue weighted by Crippen LogP contribution is 2.34. The number of amides is 3. The molecule has 2 fully saturated rings. The number of hydrogen-bond acceptors (Lipinski definition) is 4. The topological polar surface area (TPSA) is 61.9 Å². The average molecular weight is 345 g/mol. The van der Waals surface area contributed by atoms with Crippen LogP contribution in [0, 0.1) is 6.92 Å². The van der Waals surface area contributed by atoms with Gasteiger partial charge in [0, 0.05) is 13.1 Å². The first-order valence-electron chi connectivity index (χ1n) is 9.03. The molecule has 1 atom stereocenters. The highest BCUT2D eigenvalue weighted by atomic mass is 16.5. The number of imide groups is 1. The standard InChI is InChI=1S/C19H27N3O3/c1-4-19(15-7-8-16(25-3)14(2)13-15)17(23)22(18(24)20-19)12-11-21-9-5-6-10-21/h7-8,13H,4-6,9-12H2,1-3H3,(H,20,24). The van der Waals surface area contributed by atoms with Crippen LogP contribution >= 0.6 is 0 Å². The highest BCUT2D eigenvalue weighted by Gasteiger charge is 2.51. The molecule has 2 aliphatic rings. The van der Waals surface area contributed by atoms with Gasteiger partial charge in [-0.15, -0.1) is 0 Å². The van der Waals surface area contributed by atoms with Gasteiger partial charge in [0.25, 0.3) is 5.91 Å². The van der Waals surface area contributed by atoms with E-state index in [1.54, 1.807) is 7.11 Å². The van der Waals surface area contributed by atoms with Gasteiger partial charge in [0.05, 0.1) is 7.11 Å². The number of ether oxygens (including phenoxy) is 1. The first-order chi connectivity index (χ1) is 12.0. The van der Waals surface area contributed by atoms with Crippen LogP contribution in [-0.4, -0.2) is 55.0 Å². The van der Waals surface area contributed by atoms with Crippen molar-refractivity contribution >= 4 is 11.9 Å². The van der Waals surface area contributed by atoms with Gasteiger partial charge in [0.2, 0.25) is 0 Å². The average Bonchev–Trinajstić information content (AvgIpc) is 3.20. The first-order valence-corrected chi connectivity index (χ1v) is 9.03. The maximum absolute atomic E-state index is 13.1. The molecule has 3 rings (SSSR count). The van der Waals surface area contributed by atoms with E-state index in [1.807, 2.05) is 32.0 Å². The number of carbonyl (C=O) groups is 2. The van der Waals surface area contributed by atoms with Crippen molar-refractivity contribution in [3.63, 3.8) is 0 Å². The Bertz CT molecular complexity index is 670. The Morgan fingerprint density at radius 1 is 1.20 bits per heavy atom. The van der Waals surface area contributed by atoms with Gasteiger partial charge in [-0.3, -0.25) is 9.69 Å². The summed E-state index contributed by atoms with van der Waals surface area (Å²) in [5.74, 6) is 0.626. The van der Waals surface area contributed by atoms with Crippen molar-refractivity contribution in [1.82, 2.24) is 15.1 Å². The molecule has 1 aromatic carbocycles. The van der Waals surface area contributed by atoms with Crippen LogP contribution in [0.4, 0.5) is 4.79 Å². The Balaban J connectivity index is 1.82. The zero-order chi connectivity index (χ0) is 18.0. The van der Waals surface area contributed by atoms with Gasteiger partial charge in [0.15, 0.2) is 0 Å². The van der Waals surface area contributed by atoms with Crippen LogP contribution in [0.2, 0.25) is 0 Å². The summed E-state index contributed by atoms with van der Waals surface area (Å²) in [6.45, 7) is 7.18. The number of rotatable bonds is 6. The third-order valence-corrected chi connectivity index (χ3v) is 5.43. The van der Waals surface area contributed by atoms with E-state index in [9.17, 15) is 9.59 Å². The van der Waals surface area contributed by atoms with E-state index >= 15 is 0 Å². The van der Waals surface area contributed by atoms with E-state index in [0.29, 0.717) is 13.0 Å². The molecule has 136 valence electrons. The molecule has 6 heteroatoms. The van der Waals surface area contributed by atoms with Crippen molar-refractivity contribution < 1.29 is 14.3 Å². The number of carbonyl (C=O) groups excluding carboxylic acids is 2. The fourth-order valence-corrected chi connectivity index (χ4v) is 3.86. The lowest BCUT2D eigenvalue weighted by molar-refractivity contribution is -0.131. The summed E-state index contributed by atoms with van der Waals surface area (Å²) in [6, 6.07) is 5.37. The van der Waals surface area contributed by atoms with E-state index < -0.39 is 5.54 Å². The zero-order valence-corrected chi connectivity index (χ0v) is 15.3. The second-order valence-corrected chi connectivity index (χ2v) is 6.88. The Morgan fingerprint density at radius 3 is 2.52 bits per heavy atom. The fraction of sp³-hybridized carbons (Fsp3) is 0.579. The molecular weight excluding hydrogens is 318 g/mol. The van der Waals surface area contributed by atoms with Crippen molar-refractivity contribution in [3.05, 3.63) is 29.3 Å². The van der Waals surface area contributed by atoms with Gasteiger partial charge in [-0.25, -0.2) is 4.79 Å². The third kappa shape index (κ3) is 3.11. The number of aryl methyl sites for hydroxylation is 1. The lowest BCUT2D eigenvalue weighted by atomic mass is 9.86. The van der Waals surface area contributed by atoms with Crippen molar-refractivity contribution in [2.75, 3.05) is 33.3 Å². The second kappa shape index (κ2) is 7.04. The molecule has 0 bridgehead atoms. The van der Waals surface area contributed by atoms with E-state index in [4.69, 9.17) is 4.74 Å². The minimum Gasteiger partial charge on any atom is -0.496 e. The molecule has 1 unspecified atom stereocenters. The summed E-state index contributed by atoms with van der Waals surface area (Å²) in [6.07, 6.45) is 2.91. The van der Waals surface area contributed by atoms with Crippen LogP contribution < -0.4 is 10.1 Å². The smallest absolute Gasteiger partial charge is 0.325 e. The normalized spacial score (nSPS) is 24.0. The predicted octanol–water partition coefficient (Wildman–Crippen LogP) is 2.26. The van der Waals surface area contributed by atoms with E-state index in [1.165, 1.54) is 17.7 Å². The fourth-order valence-electron chi connectivity index (χ4n) is 3.86. The monoisotopic (exact) mass is 345 g/mol. The molecule has 1 N–H and O–H groups in total. The number of nitrogens with one attached hydrogen (secondary N) is 1. The highest BCUT2D eigenvalue weighted by molar-refractivity contribution is 6.07. The molecular formula is C19H27N3O3. The van der Waals surface area contributed by atoms with Crippen molar-refractivity contribution in [2.45, 2.75) is 38.6 Å². The predicted molar refractivity (Wildman–Crippen MR) is 95.6 cm³/mol. The van der Waals surface area contributed by atoms with Crippen molar-refractivity contribution in [3.8, 4) is 5.75 Å². The van der Waals surface area contributed by atoms with Gasteiger partial charge in [-0.05, 0) is 62.5 Å². The third-order valence-electron chi connectivity index (χ3n) is 5.43. The number of benzene rings is 1. The minimum absolute atomic E-state index is 0.149. The summed E-state index contributed by atoms with van der Waals surface area (Å²) in [5, 5.41) is 2.95. The summed E-state index contributed by atoms with van der Waals surface area (Å²) in [7, 11) is 1.63. The molecule has 3 amide bonds. The summed E-state index contributed by atoms with van der Waals surface area (Å²) in [5.41, 5.74) is 0.791. The lowest BCUT2D eigenvalue weighted by Crippen LogP contribution is -2.44. The molecule has 0 saturated carbocycles. The van der Waals surface area contributed by atoms with Crippen LogP contribution in [-0.2, 0) is 10.3 Å². The number of urea groups is 1. The van der Waals surface area contributed by atoms with Gasteiger partial charge in [-0.2, -0.15) is 0 Å². The Kier molecular flexibility index (Phi) is 4.99. The zero-order valence-electron chi connectivity index (χ0n) is 15.3. The molecule has 2 saturated heterocycles. The minimum atomic E-state index is -0.973. The van der Waals surface area contributed by atoms with E-state index in [2.05, 4.69) is 10.2 Å². The summed E-state index contributed by atoms with van der Waals surface area (Å²) in [4.78, 5) is 29.3. The molecule has 0 aliphatic carbocycles. The van der Waals surface area contributed by atoms with Crippen molar-refractivity contribution in [2.24, 2.45) is 0 Å². The molecule has 2 aliphatic heterocycles. The lowest BCUT2D eigenvalue weighted by Gasteiger charge is -2.27. The summed E-state index contributed by atoms with van der Waals surface area (Å²) < 4.78 is 5.31. The quantitative estimate of drug-likeness (QED) is 0.804. The van der Waals surface area contributed by atoms with Crippen LogP contribution in [0.25, 0.3) is 0 Å². The number of hydrogen-bond donors (Lipinski definition) is 1. The van der Waals surface area contributed by atoms with Crippen LogP contribution in [0.1, 0.15) is 37.3 Å². The Labute approximate surface area is 149 Å². The maximum Gasteiger partial charge on any atom is 0.325 e. The second-order valence-electron chi connectivity index (χ2n) is 6.88. The van der Waals surface area contributed by atoms with Crippen molar-refractivity contribution in [1.29, 1.82) is 0 Å². The molecule has 25 heavy (non-hydrogen) atoms. The van der Waals surface area contributed by atoms with E-state index in [-0.39, 0.29) is 11.9 Å². The maximum atomic E-state index is 13.1. The number of nitrogens with zero attached hydrogens (tertiary/aromatic N) is 2. The number of methoxy groups -OCH3 is 1. The van der Waals surface area contributed by atoms with Gasteiger partial charge in [-0.1, -0.05) is 13.0 Å². The Hall–Kier alpha value is -2.08. The molecule has 0 radical (unpaired) electrons. The van der Waals surface area contributed by atoms with E-state index in [0.717, 1.165) is 36.5 Å². The van der Waals surface area contributed by atoms with Gasteiger partial charge >= 0.3 is 6.03 Å². The first kappa shape index (κ1) is 17.7. The number of likely N-dealkylation sites (tertiary alicyclic amines) is 1. The molecule has 2 heterocycles. The Morgan fingerprint density at radius 2 is 1.92 bits per heavy atom. The molecule has 0 spiro atoms.